The number of ketones is 4. The zero-order chi connectivity index (χ0) is 26.5. The number of nitrogens with two attached hydrogens (primary N) is 1. The van der Waals surface area contributed by atoms with Gasteiger partial charge in [-0.25, -0.2) is 0 Å². The van der Waals surface area contributed by atoms with E-state index in [4.69, 9.17) is 5.73 Å². The Kier molecular flexibility index (Phi) is 6.92. The van der Waals surface area contributed by atoms with E-state index in [-0.39, 0.29) is 17.7 Å². The van der Waals surface area contributed by atoms with Crippen LogP contribution in [0, 0.1) is 23.7 Å². The fourth-order valence-corrected chi connectivity index (χ4v) is 6.65. The summed E-state index contributed by atoms with van der Waals surface area (Å²) in [6.07, 6.45) is 5.25. The van der Waals surface area contributed by atoms with Gasteiger partial charge >= 0.3 is 0 Å². The van der Waals surface area contributed by atoms with Gasteiger partial charge in [0.25, 0.3) is 0 Å². The Balaban J connectivity index is 1.78. The number of primary amides is 1. The van der Waals surface area contributed by atoms with Crippen LogP contribution in [0.4, 0.5) is 0 Å². The topological polar surface area (TPSA) is 155 Å². The molecule has 0 aromatic heterocycles. The molecule has 9 nitrogen and oxygen atoms in total. The maximum atomic E-state index is 13.8. The number of carbonyl (C=O) groups excluding carboxylic acids is 5. The Labute approximate surface area is 210 Å². The summed E-state index contributed by atoms with van der Waals surface area (Å²) in [6.45, 7) is 2.12. The maximum Gasteiger partial charge on any atom is 0.235 e. The van der Waals surface area contributed by atoms with Gasteiger partial charge in [0.1, 0.15) is 5.75 Å². The van der Waals surface area contributed by atoms with E-state index >= 15 is 0 Å². The number of carbonyl (C=O) groups is 5. The van der Waals surface area contributed by atoms with Crippen LogP contribution in [0.25, 0.3) is 0 Å². The van der Waals surface area contributed by atoms with E-state index in [9.17, 15) is 34.2 Å². The number of Topliss-reactive ketones (excluding diaryl/α,β-unsaturated/α-hetero) is 4. The lowest BCUT2D eigenvalue weighted by Gasteiger charge is -2.52. The number of aromatic hydroxyl groups is 1. The Morgan fingerprint density at radius 2 is 1.81 bits per heavy atom. The van der Waals surface area contributed by atoms with Crippen molar-refractivity contribution in [1.29, 1.82) is 0 Å². The van der Waals surface area contributed by atoms with Crippen molar-refractivity contribution >= 4 is 29.0 Å². The summed E-state index contributed by atoms with van der Waals surface area (Å²) < 4.78 is 0. The highest BCUT2D eigenvalue weighted by Crippen LogP contribution is 2.51. The molecule has 194 valence electrons. The van der Waals surface area contributed by atoms with Crippen molar-refractivity contribution in [3.8, 4) is 5.75 Å². The second-order valence-corrected chi connectivity index (χ2v) is 10.7. The zero-order valence-electron chi connectivity index (χ0n) is 21.0. The van der Waals surface area contributed by atoms with Gasteiger partial charge < -0.3 is 15.9 Å². The van der Waals surface area contributed by atoms with Crippen molar-refractivity contribution in [1.82, 2.24) is 4.90 Å². The van der Waals surface area contributed by atoms with E-state index < -0.39 is 64.4 Å². The van der Waals surface area contributed by atoms with Crippen LogP contribution in [-0.2, 0) is 32.0 Å². The van der Waals surface area contributed by atoms with Gasteiger partial charge in [-0.2, -0.15) is 0 Å². The largest absolute Gasteiger partial charge is 0.507 e. The highest BCUT2D eigenvalue weighted by molar-refractivity contribution is 6.32. The molecule has 2 unspecified atom stereocenters. The van der Waals surface area contributed by atoms with Gasteiger partial charge in [0, 0.05) is 5.92 Å². The first-order valence-electron chi connectivity index (χ1n) is 12.6. The molecule has 4 rings (SSSR count). The molecule has 3 aliphatic carbocycles. The molecule has 0 saturated heterocycles. The molecule has 2 saturated carbocycles. The quantitative estimate of drug-likeness (QED) is 0.371. The second kappa shape index (κ2) is 9.52. The van der Waals surface area contributed by atoms with Gasteiger partial charge in [0.15, 0.2) is 34.7 Å². The summed E-state index contributed by atoms with van der Waals surface area (Å²) in [4.78, 5) is 67.3. The third-order valence-electron chi connectivity index (χ3n) is 8.34. The first-order chi connectivity index (χ1) is 17.0. The molecule has 0 spiro atoms. The lowest BCUT2D eigenvalue weighted by atomic mass is 9.52. The molecule has 6 atom stereocenters. The highest BCUT2D eigenvalue weighted by atomic mass is 16.3. The summed E-state index contributed by atoms with van der Waals surface area (Å²) in [5.41, 5.74) is 4.34. The van der Waals surface area contributed by atoms with Crippen molar-refractivity contribution < 1.29 is 34.2 Å². The molecule has 1 aromatic carbocycles. The smallest absolute Gasteiger partial charge is 0.235 e. The minimum Gasteiger partial charge on any atom is -0.507 e. The van der Waals surface area contributed by atoms with Crippen LogP contribution in [0.5, 0.6) is 5.75 Å². The van der Waals surface area contributed by atoms with Gasteiger partial charge in [0.05, 0.1) is 17.5 Å². The molecule has 0 bridgehead atoms. The van der Waals surface area contributed by atoms with Crippen LogP contribution < -0.4 is 5.73 Å². The van der Waals surface area contributed by atoms with Gasteiger partial charge in [0.2, 0.25) is 5.91 Å². The second-order valence-electron chi connectivity index (χ2n) is 10.7. The molecule has 3 aliphatic rings. The molecule has 4 N–H and O–H groups in total. The molecular weight excluding hydrogens is 464 g/mol. The number of phenolic OH excluding ortho intramolecular Hbond substituents is 1. The predicted molar refractivity (Wildman–Crippen MR) is 129 cm³/mol. The summed E-state index contributed by atoms with van der Waals surface area (Å²) in [6, 6.07) is 2.17. The van der Waals surface area contributed by atoms with E-state index in [1.165, 1.54) is 11.0 Å². The highest BCUT2D eigenvalue weighted by Gasteiger charge is 2.69. The Morgan fingerprint density at radius 1 is 1.11 bits per heavy atom. The third-order valence-corrected chi connectivity index (χ3v) is 8.34. The number of amides is 1. The molecule has 0 heterocycles. The summed E-state index contributed by atoms with van der Waals surface area (Å²) >= 11 is 0. The summed E-state index contributed by atoms with van der Waals surface area (Å²) in [7, 11) is 3.14. The lowest BCUT2D eigenvalue weighted by Crippen LogP contribution is -2.74. The van der Waals surface area contributed by atoms with Crippen molar-refractivity contribution in [2.24, 2.45) is 29.4 Å². The molecular formula is C27H34N2O7. The maximum absolute atomic E-state index is 13.8. The van der Waals surface area contributed by atoms with Crippen LogP contribution in [0.1, 0.15) is 60.5 Å². The van der Waals surface area contributed by atoms with E-state index in [0.29, 0.717) is 12.0 Å². The normalized spacial score (nSPS) is 31.8. The number of hydrogen-bond donors (Lipinski definition) is 3. The number of likely N-dealkylation sites (N-methyl/N-ethyl adjacent to an activating group) is 1. The predicted octanol–water partition coefficient (Wildman–Crippen LogP) is 0.990. The van der Waals surface area contributed by atoms with Crippen LogP contribution >= 0.6 is 0 Å². The number of nitrogens with zero attached hydrogens (tertiary/aromatic N) is 1. The molecule has 36 heavy (non-hydrogen) atoms. The van der Waals surface area contributed by atoms with Crippen LogP contribution in [-0.4, -0.2) is 69.9 Å². The summed E-state index contributed by atoms with van der Waals surface area (Å²) in [5.74, 6) is -10.1. The molecule has 2 fully saturated rings. The average Bonchev–Trinajstić information content (AvgIpc) is 2.80. The molecule has 0 aliphatic heterocycles. The standard InChI is InChI=1S/C27H34N2O7/c1-4-5-6-7-8-13-9-10-17(30)19-15(13)11-14-12-16-21(29(2)3)23(32)20(26(28)35)25(34)27(16,36)24(33)18(14)22(19)31/h9-10,14,16,18,20-21,30,36H,4-8,11-12H2,1-3H3,(H2,28,35)/t14-,16-,18?,20?,21-,27-/m0/s1. The average molecular weight is 499 g/mol. The Hall–Kier alpha value is -2.91. The fourth-order valence-electron chi connectivity index (χ4n) is 6.65. The minimum absolute atomic E-state index is 0.0643. The Morgan fingerprint density at radius 3 is 2.42 bits per heavy atom. The van der Waals surface area contributed by atoms with E-state index in [0.717, 1.165) is 37.7 Å². The van der Waals surface area contributed by atoms with Crippen molar-refractivity contribution in [3.05, 3.63) is 28.8 Å². The number of fused-ring (bicyclic) bond motifs is 3. The number of unbranched alkanes of at least 4 members (excludes halogenated alkanes) is 3. The zero-order valence-corrected chi connectivity index (χ0v) is 21.0. The Bertz CT molecular complexity index is 1140. The van der Waals surface area contributed by atoms with Crippen molar-refractivity contribution in [2.45, 2.75) is 63.5 Å². The SMILES string of the molecule is CCCCCCc1ccc(O)c2c1C[C@H]1C[C@H]3[C@H](N(C)C)C(=O)C(C(N)=O)C(=O)[C@@]3(O)C(=O)C1C2=O. The van der Waals surface area contributed by atoms with E-state index in [1.54, 1.807) is 14.1 Å². The monoisotopic (exact) mass is 498 g/mol. The van der Waals surface area contributed by atoms with E-state index in [2.05, 4.69) is 6.92 Å². The first kappa shape index (κ1) is 26.2. The first-order valence-corrected chi connectivity index (χ1v) is 12.6. The van der Waals surface area contributed by atoms with Crippen LogP contribution in [0.15, 0.2) is 12.1 Å². The van der Waals surface area contributed by atoms with Crippen molar-refractivity contribution in [3.63, 3.8) is 0 Å². The number of benzene rings is 1. The van der Waals surface area contributed by atoms with Gasteiger partial charge in [-0.05, 0) is 62.9 Å². The van der Waals surface area contributed by atoms with Crippen LogP contribution in [0.2, 0.25) is 0 Å². The number of rotatable bonds is 7. The molecule has 1 amide bonds. The van der Waals surface area contributed by atoms with Crippen molar-refractivity contribution in [2.75, 3.05) is 14.1 Å². The van der Waals surface area contributed by atoms with Gasteiger partial charge in [-0.1, -0.05) is 32.3 Å². The minimum atomic E-state index is -2.69. The molecule has 1 aromatic rings. The number of phenols is 1. The third kappa shape index (κ3) is 3.80. The number of aryl methyl sites for hydroxylation is 1. The summed E-state index contributed by atoms with van der Waals surface area (Å²) in [5, 5.41) is 22.2. The fraction of sp³-hybridized carbons (Fsp3) is 0.593. The lowest BCUT2D eigenvalue weighted by molar-refractivity contribution is -0.181. The van der Waals surface area contributed by atoms with Crippen LogP contribution in [0.3, 0.4) is 0 Å². The van der Waals surface area contributed by atoms with Gasteiger partial charge in [-0.15, -0.1) is 0 Å². The van der Waals surface area contributed by atoms with E-state index in [1.807, 2.05) is 6.07 Å². The number of hydrogen-bond acceptors (Lipinski definition) is 8. The molecule has 9 heteroatoms. The number of aliphatic hydroxyl groups is 1. The van der Waals surface area contributed by atoms with Gasteiger partial charge in [-0.3, -0.25) is 28.9 Å². The molecule has 0 radical (unpaired) electrons.